The smallest absolute Gasteiger partial charge is 0.350 e. The van der Waals surface area contributed by atoms with E-state index in [-0.39, 0.29) is 23.8 Å². The minimum Gasteiger partial charge on any atom is -0.361 e. The fraction of sp³-hybridized carbons (Fsp3) is 0.483. The number of benzene rings is 1. The fourth-order valence-electron chi connectivity index (χ4n) is 5.41. The molecule has 8 heteroatoms. The van der Waals surface area contributed by atoms with E-state index in [1.165, 1.54) is 10.1 Å². The third kappa shape index (κ3) is 4.82. The van der Waals surface area contributed by atoms with Crippen LogP contribution in [0.4, 0.5) is 11.6 Å². The molecular weight excluding hydrogens is 462 g/mol. The van der Waals surface area contributed by atoms with Crippen molar-refractivity contribution in [2.45, 2.75) is 71.0 Å². The summed E-state index contributed by atoms with van der Waals surface area (Å²) in [5.74, 6) is 0.854. The molecule has 3 heterocycles. The molecule has 8 nitrogen and oxygen atoms in total. The Hall–Kier alpha value is -3.75. The largest absolute Gasteiger partial charge is 0.361 e. The lowest BCUT2D eigenvalue weighted by Gasteiger charge is -2.48. The molecule has 2 aromatic heterocycles. The maximum Gasteiger partial charge on any atom is 0.350 e. The van der Waals surface area contributed by atoms with Crippen LogP contribution >= 0.6 is 0 Å². The molecule has 0 radical (unpaired) electrons. The van der Waals surface area contributed by atoms with Crippen LogP contribution in [0.25, 0.3) is 15.9 Å². The quantitative estimate of drug-likeness (QED) is 0.440. The number of aryl methyl sites for hydroxylation is 1. The summed E-state index contributed by atoms with van der Waals surface area (Å²) in [6, 6.07) is 14.9. The van der Waals surface area contributed by atoms with Gasteiger partial charge in [-0.25, -0.2) is 4.79 Å². The van der Waals surface area contributed by atoms with Gasteiger partial charge in [0.05, 0.1) is 17.0 Å². The summed E-state index contributed by atoms with van der Waals surface area (Å²) in [6.07, 6.45) is 1.91. The number of rotatable bonds is 6. The second-order valence-corrected chi connectivity index (χ2v) is 10.5. The van der Waals surface area contributed by atoms with Gasteiger partial charge < -0.3 is 9.74 Å². The van der Waals surface area contributed by atoms with Crippen LogP contribution in [0.2, 0.25) is 0 Å². The summed E-state index contributed by atoms with van der Waals surface area (Å²) in [4.78, 5) is 30.0. The molecule has 37 heavy (non-hydrogen) atoms. The number of nitrogens with zero attached hydrogens (tertiary/aromatic N) is 7. The van der Waals surface area contributed by atoms with E-state index >= 15 is 0 Å². The molecule has 0 aliphatic carbocycles. The number of piperazine rings is 1. The maximum absolute atomic E-state index is 12.7. The van der Waals surface area contributed by atoms with Gasteiger partial charge in [-0.1, -0.05) is 44.7 Å². The van der Waals surface area contributed by atoms with E-state index in [4.69, 9.17) is 6.57 Å². The Labute approximate surface area is 219 Å². The van der Waals surface area contributed by atoms with Crippen LogP contribution in [0.1, 0.15) is 64.6 Å². The van der Waals surface area contributed by atoms with Crippen LogP contribution in [-0.4, -0.2) is 44.6 Å². The van der Waals surface area contributed by atoms with E-state index in [9.17, 15) is 10.1 Å². The van der Waals surface area contributed by atoms with Gasteiger partial charge in [-0.05, 0) is 56.9 Å². The molecule has 0 bridgehead atoms. The van der Waals surface area contributed by atoms with Crippen molar-refractivity contribution in [3.8, 4) is 6.07 Å². The normalized spacial score (nSPS) is 19.4. The third-order valence-electron chi connectivity index (χ3n) is 7.75. The van der Waals surface area contributed by atoms with Crippen molar-refractivity contribution in [2.75, 3.05) is 18.0 Å². The molecule has 3 aromatic rings. The average molecular weight is 498 g/mol. The highest BCUT2D eigenvalue weighted by atomic mass is 16.1. The lowest BCUT2D eigenvalue weighted by atomic mass is 9.85. The van der Waals surface area contributed by atoms with Crippen molar-refractivity contribution in [2.24, 2.45) is 7.05 Å². The van der Waals surface area contributed by atoms with Crippen LogP contribution in [0.15, 0.2) is 41.2 Å². The molecule has 1 unspecified atom stereocenters. The van der Waals surface area contributed by atoms with Gasteiger partial charge in [0.25, 0.3) is 5.82 Å². The average Bonchev–Trinajstić information content (AvgIpc) is 2.91. The van der Waals surface area contributed by atoms with E-state index in [0.717, 1.165) is 24.9 Å². The van der Waals surface area contributed by atoms with Crippen LogP contribution in [0, 0.1) is 17.9 Å². The predicted molar refractivity (Wildman–Crippen MR) is 147 cm³/mol. The van der Waals surface area contributed by atoms with Gasteiger partial charge in [-0.15, -0.1) is 4.98 Å². The third-order valence-corrected chi connectivity index (χ3v) is 7.75. The van der Waals surface area contributed by atoms with Crippen molar-refractivity contribution in [1.29, 1.82) is 5.26 Å². The molecule has 0 saturated carbocycles. The molecule has 0 amide bonds. The van der Waals surface area contributed by atoms with Gasteiger partial charge >= 0.3 is 5.69 Å². The molecule has 3 atom stereocenters. The zero-order valence-corrected chi connectivity index (χ0v) is 22.6. The second kappa shape index (κ2) is 10.3. The first-order valence-corrected chi connectivity index (χ1v) is 12.9. The minimum atomic E-state index is -0.518. The van der Waals surface area contributed by atoms with Crippen LogP contribution in [0.3, 0.4) is 0 Å². The molecule has 0 N–H and O–H groups in total. The summed E-state index contributed by atoms with van der Waals surface area (Å²) < 4.78 is 1.49. The highest BCUT2D eigenvalue weighted by molar-refractivity contribution is 5.87. The summed E-state index contributed by atoms with van der Waals surface area (Å²) in [7, 11) is 1.69. The number of fused-ring (bicyclic) bond motifs is 1. The molecular formula is C29H35N7O. The highest BCUT2D eigenvalue weighted by Crippen LogP contribution is 2.35. The van der Waals surface area contributed by atoms with E-state index in [1.807, 2.05) is 13.8 Å². The van der Waals surface area contributed by atoms with Gasteiger partial charge in [0.15, 0.2) is 5.82 Å². The molecule has 0 spiro atoms. The van der Waals surface area contributed by atoms with E-state index in [1.54, 1.807) is 19.2 Å². The lowest BCUT2D eigenvalue weighted by Crippen LogP contribution is -2.58. The zero-order chi connectivity index (χ0) is 26.9. The van der Waals surface area contributed by atoms with Gasteiger partial charge in [-0.3, -0.25) is 9.47 Å². The number of pyridine rings is 1. The summed E-state index contributed by atoms with van der Waals surface area (Å²) in [5.41, 5.74) is 2.70. The van der Waals surface area contributed by atoms with Gasteiger partial charge in [0, 0.05) is 38.3 Å². The number of hydrogen-bond acceptors (Lipinski definition) is 6. The summed E-state index contributed by atoms with van der Waals surface area (Å²) in [5, 5.41) is 9.51. The summed E-state index contributed by atoms with van der Waals surface area (Å²) in [6.45, 7) is 19.4. The van der Waals surface area contributed by atoms with Crippen molar-refractivity contribution in [1.82, 2.24) is 19.4 Å². The Balaban J connectivity index is 1.69. The number of anilines is 1. The van der Waals surface area contributed by atoms with E-state index in [0.29, 0.717) is 29.2 Å². The highest BCUT2D eigenvalue weighted by Gasteiger charge is 2.37. The summed E-state index contributed by atoms with van der Waals surface area (Å²) >= 11 is 0. The van der Waals surface area contributed by atoms with Crippen LogP contribution in [-0.2, 0) is 12.5 Å². The van der Waals surface area contributed by atoms with Crippen LogP contribution in [0.5, 0.6) is 0 Å². The van der Waals surface area contributed by atoms with E-state index < -0.39 is 5.41 Å². The molecule has 1 aliphatic rings. The Morgan fingerprint density at radius 3 is 2.46 bits per heavy atom. The monoisotopic (exact) mass is 497 g/mol. The standard InChI is InChI=1S/C29H35N7O/c1-8-22-17-35(27-26-24(34(7)28(37)33-27)14-15-25(31-6)32-26)19(3)16-36(22)23(9-2)20-10-12-21(13-11-20)29(4,5)18-30/h10-15,19,22-23H,8-9,16-17H2,1-5,7H3/t19-,22+,23?/m0/s1. The van der Waals surface area contributed by atoms with Crippen molar-refractivity contribution in [3.63, 3.8) is 0 Å². The maximum atomic E-state index is 12.7. The molecule has 1 fully saturated rings. The van der Waals surface area contributed by atoms with Crippen molar-refractivity contribution in [3.05, 3.63) is 69.4 Å². The first-order valence-electron chi connectivity index (χ1n) is 12.9. The molecule has 1 saturated heterocycles. The van der Waals surface area contributed by atoms with Crippen molar-refractivity contribution < 1.29 is 0 Å². The Morgan fingerprint density at radius 1 is 1.16 bits per heavy atom. The van der Waals surface area contributed by atoms with Crippen molar-refractivity contribution >= 4 is 22.7 Å². The number of hydrogen-bond donors (Lipinski definition) is 0. The van der Waals surface area contributed by atoms with Crippen LogP contribution < -0.4 is 10.6 Å². The van der Waals surface area contributed by atoms with E-state index in [2.05, 4.69) is 75.7 Å². The fourth-order valence-corrected chi connectivity index (χ4v) is 5.41. The minimum absolute atomic E-state index is 0.0925. The lowest BCUT2D eigenvalue weighted by molar-refractivity contribution is 0.0939. The number of nitriles is 1. The first kappa shape index (κ1) is 26.3. The SMILES string of the molecule is [C-]#[N+]c1ccc2c(n1)c(N1C[C@@H](CC)N(C(CC)c3ccc(C(C)(C)C#N)cc3)C[C@@H]1C)nc(=O)n2C. The first-order chi connectivity index (χ1) is 17.6. The number of aromatic nitrogens is 3. The Bertz CT molecular complexity index is 1430. The van der Waals surface area contributed by atoms with Gasteiger partial charge in [0.2, 0.25) is 5.52 Å². The second-order valence-electron chi connectivity index (χ2n) is 10.5. The molecule has 1 aliphatic heterocycles. The predicted octanol–water partition coefficient (Wildman–Crippen LogP) is 5.12. The molecule has 1 aromatic carbocycles. The Morgan fingerprint density at radius 2 is 1.86 bits per heavy atom. The zero-order valence-electron chi connectivity index (χ0n) is 22.6. The molecule has 4 rings (SSSR count). The topological polar surface area (TPSA) is 82.4 Å². The van der Waals surface area contributed by atoms with Gasteiger partial charge in [0.1, 0.15) is 0 Å². The van der Waals surface area contributed by atoms with Gasteiger partial charge in [-0.2, -0.15) is 10.2 Å². The Kier molecular flexibility index (Phi) is 7.34. The molecule has 192 valence electrons.